The SMILES string of the molecule is CCNC(=NCc1ccc(C)cc1C)NCCCCn1cnnc1.I. The van der Waals surface area contributed by atoms with Crippen molar-refractivity contribution < 1.29 is 0 Å². The predicted molar refractivity (Wildman–Crippen MR) is 113 cm³/mol. The van der Waals surface area contributed by atoms with Gasteiger partial charge in [-0.05, 0) is 44.7 Å². The van der Waals surface area contributed by atoms with E-state index in [0.717, 1.165) is 38.4 Å². The second-order valence-corrected chi connectivity index (χ2v) is 5.96. The Bertz CT molecular complexity index is 639. The minimum Gasteiger partial charge on any atom is -0.357 e. The molecule has 0 saturated carbocycles. The van der Waals surface area contributed by atoms with E-state index < -0.39 is 0 Å². The lowest BCUT2D eigenvalue weighted by Crippen LogP contribution is -2.37. The molecule has 0 unspecified atom stereocenters. The fourth-order valence-electron chi connectivity index (χ4n) is 2.49. The number of aryl methyl sites for hydroxylation is 3. The second kappa shape index (κ2) is 11.8. The summed E-state index contributed by atoms with van der Waals surface area (Å²) < 4.78 is 2.00. The van der Waals surface area contributed by atoms with E-state index in [-0.39, 0.29) is 24.0 Å². The van der Waals surface area contributed by atoms with Crippen molar-refractivity contribution in [3.05, 3.63) is 47.5 Å². The topological polar surface area (TPSA) is 67.1 Å². The van der Waals surface area contributed by atoms with E-state index in [0.29, 0.717) is 6.54 Å². The van der Waals surface area contributed by atoms with Crippen LogP contribution in [0.3, 0.4) is 0 Å². The molecule has 25 heavy (non-hydrogen) atoms. The number of aliphatic imine (C=N–C) groups is 1. The molecule has 138 valence electrons. The molecule has 0 radical (unpaired) electrons. The summed E-state index contributed by atoms with van der Waals surface area (Å²) in [4.78, 5) is 4.69. The minimum atomic E-state index is 0. The molecule has 1 aromatic heterocycles. The van der Waals surface area contributed by atoms with Gasteiger partial charge in [0.2, 0.25) is 0 Å². The number of nitrogens with zero attached hydrogens (tertiary/aromatic N) is 4. The first-order valence-electron chi connectivity index (χ1n) is 8.59. The quantitative estimate of drug-likeness (QED) is 0.277. The number of benzene rings is 1. The van der Waals surface area contributed by atoms with Crippen LogP contribution < -0.4 is 10.6 Å². The highest BCUT2D eigenvalue weighted by Gasteiger charge is 2.00. The zero-order chi connectivity index (χ0) is 17.2. The van der Waals surface area contributed by atoms with E-state index >= 15 is 0 Å². The molecule has 0 bridgehead atoms. The Kier molecular flexibility index (Phi) is 10.1. The summed E-state index contributed by atoms with van der Waals surface area (Å²) in [5, 5.41) is 14.3. The average Bonchev–Trinajstić information content (AvgIpc) is 3.07. The van der Waals surface area contributed by atoms with E-state index in [1.165, 1.54) is 16.7 Å². The maximum Gasteiger partial charge on any atom is 0.191 e. The van der Waals surface area contributed by atoms with Crippen LogP contribution in [0.25, 0.3) is 0 Å². The second-order valence-electron chi connectivity index (χ2n) is 5.96. The van der Waals surface area contributed by atoms with Gasteiger partial charge in [-0.25, -0.2) is 4.99 Å². The highest BCUT2D eigenvalue weighted by Crippen LogP contribution is 2.11. The van der Waals surface area contributed by atoms with E-state index in [1.807, 2.05) is 4.57 Å². The van der Waals surface area contributed by atoms with Gasteiger partial charge in [-0.15, -0.1) is 34.2 Å². The Labute approximate surface area is 167 Å². The predicted octanol–water partition coefficient (Wildman–Crippen LogP) is 3.05. The molecule has 0 atom stereocenters. The zero-order valence-electron chi connectivity index (χ0n) is 15.3. The smallest absolute Gasteiger partial charge is 0.191 e. The van der Waals surface area contributed by atoms with Crippen molar-refractivity contribution in [1.82, 2.24) is 25.4 Å². The highest BCUT2D eigenvalue weighted by atomic mass is 127. The van der Waals surface area contributed by atoms with Crippen molar-refractivity contribution in [2.75, 3.05) is 13.1 Å². The summed E-state index contributed by atoms with van der Waals surface area (Å²) >= 11 is 0. The molecule has 0 aliphatic rings. The van der Waals surface area contributed by atoms with E-state index in [4.69, 9.17) is 4.99 Å². The molecule has 0 spiro atoms. The molecule has 0 aliphatic carbocycles. The van der Waals surface area contributed by atoms with Gasteiger partial charge in [-0.3, -0.25) is 0 Å². The van der Waals surface area contributed by atoms with E-state index in [2.05, 4.69) is 59.8 Å². The van der Waals surface area contributed by atoms with Gasteiger partial charge >= 0.3 is 0 Å². The maximum atomic E-state index is 4.69. The first-order valence-corrected chi connectivity index (χ1v) is 8.59. The molecule has 0 aliphatic heterocycles. The molecule has 2 rings (SSSR count). The van der Waals surface area contributed by atoms with Crippen LogP contribution >= 0.6 is 24.0 Å². The van der Waals surface area contributed by atoms with Crippen molar-refractivity contribution in [2.45, 2.75) is 46.7 Å². The number of nitrogens with one attached hydrogen (secondary N) is 2. The number of aromatic nitrogens is 3. The van der Waals surface area contributed by atoms with Crippen molar-refractivity contribution in [3.8, 4) is 0 Å². The number of halogens is 1. The molecular formula is C18H29IN6. The van der Waals surface area contributed by atoms with Crippen LogP contribution in [0.1, 0.15) is 36.5 Å². The van der Waals surface area contributed by atoms with Crippen LogP contribution in [0.5, 0.6) is 0 Å². The van der Waals surface area contributed by atoms with Gasteiger partial charge in [0.25, 0.3) is 0 Å². The van der Waals surface area contributed by atoms with Crippen LogP contribution in [0.4, 0.5) is 0 Å². The zero-order valence-corrected chi connectivity index (χ0v) is 17.7. The molecule has 0 amide bonds. The Morgan fingerprint density at radius 2 is 1.88 bits per heavy atom. The van der Waals surface area contributed by atoms with Crippen LogP contribution in [0, 0.1) is 13.8 Å². The van der Waals surface area contributed by atoms with E-state index in [9.17, 15) is 0 Å². The molecule has 6 nitrogen and oxygen atoms in total. The molecule has 7 heteroatoms. The number of unbranched alkanes of at least 4 members (excludes halogenated alkanes) is 1. The normalized spacial score (nSPS) is 11.1. The number of guanidine groups is 1. The third kappa shape index (κ3) is 7.85. The van der Waals surface area contributed by atoms with Crippen molar-refractivity contribution in [2.24, 2.45) is 4.99 Å². The summed E-state index contributed by atoms with van der Waals surface area (Å²) in [7, 11) is 0. The number of rotatable bonds is 8. The van der Waals surface area contributed by atoms with Crippen LogP contribution in [-0.2, 0) is 13.1 Å². The summed E-state index contributed by atoms with van der Waals surface area (Å²) in [5.74, 6) is 0.877. The Morgan fingerprint density at radius 3 is 2.56 bits per heavy atom. The lowest BCUT2D eigenvalue weighted by Gasteiger charge is -2.12. The van der Waals surface area contributed by atoms with Crippen LogP contribution in [0.2, 0.25) is 0 Å². The monoisotopic (exact) mass is 456 g/mol. The molecule has 2 N–H and O–H groups in total. The standard InChI is InChI=1S/C18H28N6.HI/c1-4-19-18(20-9-5-6-10-24-13-22-23-14-24)21-12-17-8-7-15(2)11-16(17)3;/h7-8,11,13-14H,4-6,9-10,12H2,1-3H3,(H2,19,20,21);1H. The van der Waals surface area contributed by atoms with E-state index in [1.54, 1.807) is 12.7 Å². The molecule has 2 aromatic rings. The van der Waals surface area contributed by atoms with Crippen molar-refractivity contribution in [3.63, 3.8) is 0 Å². The maximum absolute atomic E-state index is 4.69. The molecular weight excluding hydrogens is 427 g/mol. The van der Waals surface area contributed by atoms with Gasteiger partial charge < -0.3 is 15.2 Å². The average molecular weight is 456 g/mol. The van der Waals surface area contributed by atoms with Crippen LogP contribution in [-0.4, -0.2) is 33.8 Å². The number of hydrogen-bond donors (Lipinski definition) is 2. The molecule has 0 fully saturated rings. The fourth-order valence-corrected chi connectivity index (χ4v) is 2.49. The third-order valence-corrected chi connectivity index (χ3v) is 3.85. The molecule has 1 heterocycles. The van der Waals surface area contributed by atoms with Crippen molar-refractivity contribution in [1.29, 1.82) is 0 Å². The lowest BCUT2D eigenvalue weighted by atomic mass is 10.1. The first-order chi connectivity index (χ1) is 11.7. The van der Waals surface area contributed by atoms with Gasteiger partial charge in [-0.2, -0.15) is 0 Å². The summed E-state index contributed by atoms with van der Waals surface area (Å²) in [6, 6.07) is 6.51. The molecule has 0 saturated heterocycles. The van der Waals surface area contributed by atoms with Crippen LogP contribution in [0.15, 0.2) is 35.8 Å². The largest absolute Gasteiger partial charge is 0.357 e. The third-order valence-electron chi connectivity index (χ3n) is 3.85. The summed E-state index contributed by atoms with van der Waals surface area (Å²) in [5.41, 5.74) is 3.85. The van der Waals surface area contributed by atoms with Gasteiger partial charge in [0.15, 0.2) is 5.96 Å². The van der Waals surface area contributed by atoms with Gasteiger partial charge in [-0.1, -0.05) is 23.8 Å². The van der Waals surface area contributed by atoms with Crippen molar-refractivity contribution >= 4 is 29.9 Å². The summed E-state index contributed by atoms with van der Waals surface area (Å²) in [6.45, 7) is 9.75. The Morgan fingerprint density at radius 1 is 1.12 bits per heavy atom. The lowest BCUT2D eigenvalue weighted by molar-refractivity contribution is 0.598. The Hall–Kier alpha value is -1.64. The van der Waals surface area contributed by atoms with Gasteiger partial charge in [0.1, 0.15) is 12.7 Å². The highest BCUT2D eigenvalue weighted by molar-refractivity contribution is 14.0. The minimum absolute atomic E-state index is 0. The van der Waals surface area contributed by atoms with Gasteiger partial charge in [0, 0.05) is 19.6 Å². The summed E-state index contributed by atoms with van der Waals surface area (Å²) in [6.07, 6.45) is 5.67. The molecule has 1 aromatic carbocycles. The van der Waals surface area contributed by atoms with Gasteiger partial charge in [0.05, 0.1) is 6.54 Å². The first kappa shape index (κ1) is 21.4. The fraction of sp³-hybridized carbons (Fsp3) is 0.500. The Balaban J connectivity index is 0.00000312. The number of hydrogen-bond acceptors (Lipinski definition) is 3.